The number of hydrogen-bond acceptors (Lipinski definition) is 4. The molecule has 0 aliphatic rings. The molecule has 0 aliphatic carbocycles. The molecule has 0 atom stereocenters. The van der Waals surface area contributed by atoms with Crippen molar-refractivity contribution in [3.05, 3.63) is 89.7 Å². The molecule has 0 saturated carbocycles. The van der Waals surface area contributed by atoms with Crippen LogP contribution in [0.3, 0.4) is 0 Å². The SMILES string of the molecule is C#CCOC(=O)c1ccccc1OC(C)=O.[C-]#[O+].[C-]#[O+].[C-]#[O+].[C-]#[O+].[C-]#[O+].[C-]#[O+].[C-]#[O+].[C-]#[O+].[C-]#[O+].[Ru+3]. The van der Waals surface area contributed by atoms with Crippen LogP contribution < -0.4 is 4.74 Å². The van der Waals surface area contributed by atoms with Crippen LogP contribution in [-0.4, -0.2) is 18.5 Å². The molecule has 0 N–H and O–H groups in total. The van der Waals surface area contributed by atoms with Crippen LogP contribution in [0.4, 0.5) is 0 Å². The van der Waals surface area contributed by atoms with E-state index in [0.717, 1.165) is 0 Å². The van der Waals surface area contributed by atoms with E-state index in [-0.39, 0.29) is 37.4 Å². The Morgan fingerprint density at radius 2 is 1.06 bits per heavy atom. The summed E-state index contributed by atoms with van der Waals surface area (Å²) in [4.78, 5) is 22.3. The van der Waals surface area contributed by atoms with Gasteiger partial charge < -0.3 is 9.47 Å². The van der Waals surface area contributed by atoms with Crippen molar-refractivity contribution in [3.63, 3.8) is 0 Å². The van der Waals surface area contributed by atoms with Crippen LogP contribution in [0.25, 0.3) is 0 Å². The number of ether oxygens (including phenoxy) is 2. The average molecular weight is 571 g/mol. The van der Waals surface area contributed by atoms with E-state index < -0.39 is 11.9 Å². The Morgan fingerprint density at radius 3 is 1.34 bits per heavy atom. The number of carbonyl (C=O) groups excluding carboxylic acids is 2. The van der Waals surface area contributed by atoms with Crippen molar-refractivity contribution in [1.29, 1.82) is 0 Å². The van der Waals surface area contributed by atoms with Crippen LogP contribution in [0, 0.1) is 72.2 Å². The number of para-hydroxylation sites is 1. The van der Waals surface area contributed by atoms with Gasteiger partial charge in [0, 0.05) is 6.92 Å². The van der Waals surface area contributed by atoms with Crippen molar-refractivity contribution in [1.82, 2.24) is 0 Å². The van der Waals surface area contributed by atoms with E-state index in [1.165, 1.54) is 19.1 Å². The fourth-order valence-corrected chi connectivity index (χ4v) is 1.06. The number of carbonyl (C=O) groups is 2. The summed E-state index contributed by atoms with van der Waals surface area (Å²) in [5.41, 5.74) is 0.174. The first kappa shape index (κ1) is 63.3. The Bertz CT molecular complexity index is 731. The fourth-order valence-electron chi connectivity index (χ4n) is 1.06. The van der Waals surface area contributed by atoms with Crippen molar-refractivity contribution < 1.29 is 80.4 Å². The number of benzene rings is 1. The van der Waals surface area contributed by atoms with Crippen molar-refractivity contribution in [2.75, 3.05) is 6.61 Å². The first-order valence-electron chi connectivity index (χ1n) is 6.37. The van der Waals surface area contributed by atoms with Gasteiger partial charge in [-0.15, -0.1) is 6.42 Å². The molecule has 0 spiro atoms. The predicted molar refractivity (Wildman–Crippen MR) is 92.2 cm³/mol. The molecule has 177 valence electrons. The van der Waals surface area contributed by atoms with Gasteiger partial charge in [-0.1, -0.05) is 18.1 Å². The van der Waals surface area contributed by atoms with Crippen LogP contribution >= 0.6 is 0 Å². The zero-order chi connectivity index (χ0) is 30.0. The maximum atomic E-state index is 11.5. The molecule has 0 fully saturated rings. The molecule has 0 saturated heterocycles. The van der Waals surface area contributed by atoms with E-state index in [1.807, 2.05) is 0 Å². The Balaban J connectivity index is -0.0000000348. The van der Waals surface area contributed by atoms with Gasteiger partial charge in [-0.2, -0.15) is 0 Å². The molecule has 0 unspecified atom stereocenters. The summed E-state index contributed by atoms with van der Waals surface area (Å²) in [5, 5.41) is 0. The van der Waals surface area contributed by atoms with Gasteiger partial charge in [-0.05, 0) is 12.1 Å². The smallest absolute Gasteiger partial charge is 3.00 e. The van der Waals surface area contributed by atoms with E-state index in [0.29, 0.717) is 0 Å². The zero-order valence-electron chi connectivity index (χ0n) is 17.3. The van der Waals surface area contributed by atoms with Crippen LogP contribution in [0.5, 0.6) is 5.75 Å². The largest absolute Gasteiger partial charge is 3.00 e. The topological polar surface area (TPSA) is 232 Å². The second-order valence-electron chi connectivity index (χ2n) is 2.87. The molecule has 13 nitrogen and oxygen atoms in total. The van der Waals surface area contributed by atoms with Crippen molar-refractivity contribution in [3.8, 4) is 18.1 Å². The maximum absolute atomic E-state index is 11.5. The quantitative estimate of drug-likeness (QED) is 0.129. The standard InChI is InChI=1S/C12H10O4.9CO.Ru/c1-3-8-15-12(14)10-6-4-5-7-11(10)16-9(2)13;9*1-2;/h1,4-7H,8H2,2H3;;;;;;;;;;/q;;;;;;;;;;+3. The molecule has 0 bridgehead atoms. The third-order valence-electron chi connectivity index (χ3n) is 1.65. The molecule has 0 amide bonds. The van der Waals surface area contributed by atoms with Gasteiger partial charge in [0.25, 0.3) is 0 Å². The molecule has 14 heteroatoms. The summed E-state index contributed by atoms with van der Waals surface area (Å²) in [6.07, 6.45) is 4.96. The Labute approximate surface area is 213 Å². The molecule has 1 radical (unpaired) electrons. The minimum atomic E-state index is -0.616. The summed E-state index contributed by atoms with van der Waals surface area (Å²) < 4.78 is 77.1. The normalized spacial score (nSPS) is 4.63. The van der Waals surface area contributed by atoms with Gasteiger partial charge in [-0.25, -0.2) is 4.79 Å². The Hall–Kier alpha value is -4.00. The summed E-state index contributed by atoms with van der Waals surface area (Å²) in [5.74, 6) is 1.22. The van der Waals surface area contributed by atoms with Gasteiger partial charge in [0.15, 0.2) is 6.61 Å². The van der Waals surface area contributed by atoms with E-state index >= 15 is 0 Å². The second kappa shape index (κ2) is 98.5. The molecule has 35 heavy (non-hydrogen) atoms. The maximum Gasteiger partial charge on any atom is 3.00 e. The number of hydrogen-bond donors (Lipinski definition) is 0. The summed E-state index contributed by atoms with van der Waals surface area (Å²) in [6.45, 7) is 41.6. The summed E-state index contributed by atoms with van der Waals surface area (Å²) in [7, 11) is 0. The van der Waals surface area contributed by atoms with Crippen molar-refractivity contribution in [2.45, 2.75) is 6.92 Å². The average Bonchev–Trinajstić information content (AvgIpc) is 2.97. The zero-order valence-corrected chi connectivity index (χ0v) is 19.0. The van der Waals surface area contributed by atoms with Gasteiger partial charge in [-0.3, -0.25) is 4.79 Å². The van der Waals surface area contributed by atoms with Crippen LogP contribution in [0.1, 0.15) is 17.3 Å². The Morgan fingerprint density at radius 1 is 0.743 bits per heavy atom. The van der Waals surface area contributed by atoms with Crippen LogP contribution in [-0.2, 0) is 70.9 Å². The summed E-state index contributed by atoms with van der Waals surface area (Å²) >= 11 is 0. The third kappa shape index (κ3) is 65.2. The molecule has 0 aromatic heterocycles. The van der Waals surface area contributed by atoms with Gasteiger partial charge in [0.05, 0.1) is 0 Å². The monoisotopic (exact) mass is 572 g/mol. The Kier molecular flexibility index (Phi) is 178. The first-order chi connectivity index (χ1) is 16.6. The minimum absolute atomic E-state index is 0. The number of esters is 2. The van der Waals surface area contributed by atoms with Crippen molar-refractivity contribution in [2.24, 2.45) is 0 Å². The van der Waals surface area contributed by atoms with E-state index in [4.69, 9.17) is 57.8 Å². The van der Waals surface area contributed by atoms with Gasteiger partial charge in [0.2, 0.25) is 0 Å². The molecule has 0 aliphatic heterocycles. The molecule has 1 rings (SSSR count). The molecule has 1 aromatic carbocycles. The summed E-state index contributed by atoms with van der Waals surface area (Å²) in [6, 6.07) is 6.29. The van der Waals surface area contributed by atoms with Crippen LogP contribution in [0.2, 0.25) is 0 Å². The molecule has 1 aromatic rings. The second-order valence-corrected chi connectivity index (χ2v) is 2.87. The van der Waals surface area contributed by atoms with E-state index in [9.17, 15) is 9.59 Å². The van der Waals surface area contributed by atoms with Crippen LogP contribution in [0.15, 0.2) is 24.3 Å². The van der Waals surface area contributed by atoms with Crippen molar-refractivity contribution >= 4 is 11.9 Å². The third-order valence-corrected chi connectivity index (χ3v) is 1.65. The molecule has 0 heterocycles. The minimum Gasteiger partial charge on any atom is 3.00 e. The molecular formula is C21H10O13Ru+3. The predicted octanol–water partition coefficient (Wildman–Crippen LogP) is 1.06. The molecular weight excluding hydrogens is 561 g/mol. The van der Waals surface area contributed by atoms with E-state index in [2.05, 4.69) is 65.8 Å². The number of rotatable bonds is 3. The first-order valence-corrected chi connectivity index (χ1v) is 6.37. The van der Waals surface area contributed by atoms with Gasteiger partial charge in [0.1, 0.15) is 11.3 Å². The van der Waals surface area contributed by atoms with E-state index in [1.54, 1.807) is 12.1 Å². The fraction of sp³-hybridized carbons (Fsp3) is 0.0952. The number of terminal acetylenes is 1. The van der Waals surface area contributed by atoms with Gasteiger partial charge >= 0.3 is 133 Å².